The largest absolute Gasteiger partial charge is 0.454 e. The molecule has 3 amide bonds. The molecule has 4 rings (SSSR count). The number of anilines is 2. The second-order valence-electron chi connectivity index (χ2n) is 8.02. The minimum absolute atomic E-state index is 0.149. The number of nitrogens with one attached hydrogen (secondary N) is 2. The first-order valence-electron chi connectivity index (χ1n) is 11.1. The zero-order valence-corrected chi connectivity index (χ0v) is 18.8. The van der Waals surface area contributed by atoms with Crippen LogP contribution in [0.15, 0.2) is 48.2 Å². The Morgan fingerprint density at radius 2 is 1.67 bits per heavy atom. The van der Waals surface area contributed by atoms with Crippen LogP contribution in [0.1, 0.15) is 45.1 Å². The van der Waals surface area contributed by atoms with Crippen molar-refractivity contribution in [3.05, 3.63) is 53.7 Å². The van der Waals surface area contributed by atoms with Crippen LogP contribution >= 0.6 is 0 Å². The lowest BCUT2D eigenvalue weighted by Gasteiger charge is -2.15. The van der Waals surface area contributed by atoms with Crippen LogP contribution in [0.4, 0.5) is 11.4 Å². The van der Waals surface area contributed by atoms with E-state index in [0.29, 0.717) is 40.6 Å². The number of imide groups is 1. The van der Waals surface area contributed by atoms with Gasteiger partial charge in [0.1, 0.15) is 5.70 Å². The molecule has 0 fully saturated rings. The Morgan fingerprint density at radius 3 is 2.39 bits per heavy atom. The van der Waals surface area contributed by atoms with Gasteiger partial charge in [0.05, 0.1) is 5.57 Å². The van der Waals surface area contributed by atoms with Crippen LogP contribution in [0, 0.1) is 0 Å². The van der Waals surface area contributed by atoms with E-state index < -0.39 is 0 Å². The molecule has 0 unspecified atom stereocenters. The normalized spacial score (nSPS) is 14.8. The molecule has 2 aliphatic rings. The van der Waals surface area contributed by atoms with Crippen molar-refractivity contribution in [1.29, 1.82) is 0 Å². The van der Waals surface area contributed by atoms with Gasteiger partial charge < -0.3 is 20.1 Å². The fourth-order valence-electron chi connectivity index (χ4n) is 3.90. The molecule has 0 aliphatic carbocycles. The molecule has 0 saturated carbocycles. The molecule has 0 aromatic heterocycles. The van der Waals surface area contributed by atoms with E-state index in [9.17, 15) is 14.4 Å². The molecule has 2 aromatic carbocycles. The third-order valence-electron chi connectivity index (χ3n) is 5.54. The molecular formula is C25H27N3O5. The van der Waals surface area contributed by atoms with Crippen LogP contribution in [0.5, 0.6) is 11.5 Å². The number of carbonyl (C=O) groups is 3. The van der Waals surface area contributed by atoms with Crippen molar-refractivity contribution in [2.24, 2.45) is 0 Å². The summed E-state index contributed by atoms with van der Waals surface area (Å²) >= 11 is 0. The van der Waals surface area contributed by atoms with E-state index in [1.807, 2.05) is 0 Å². The molecule has 0 atom stereocenters. The lowest BCUT2D eigenvalue weighted by atomic mass is 10.0. The van der Waals surface area contributed by atoms with Gasteiger partial charge in [-0.3, -0.25) is 19.3 Å². The van der Waals surface area contributed by atoms with E-state index in [4.69, 9.17) is 9.47 Å². The fraction of sp³-hybridized carbons (Fsp3) is 0.320. The second-order valence-corrected chi connectivity index (χ2v) is 8.02. The van der Waals surface area contributed by atoms with Gasteiger partial charge in [-0.25, -0.2) is 0 Å². The van der Waals surface area contributed by atoms with Crippen molar-refractivity contribution in [1.82, 2.24) is 4.90 Å². The molecule has 0 bridgehead atoms. The van der Waals surface area contributed by atoms with Crippen LogP contribution in [-0.2, 0) is 14.4 Å². The van der Waals surface area contributed by atoms with E-state index in [1.165, 1.54) is 11.8 Å². The number of benzene rings is 2. The lowest BCUT2D eigenvalue weighted by Crippen LogP contribution is -2.33. The van der Waals surface area contributed by atoms with E-state index in [1.54, 1.807) is 42.5 Å². The number of nitrogens with zero attached hydrogens (tertiary/aromatic N) is 1. The van der Waals surface area contributed by atoms with Gasteiger partial charge in [0.2, 0.25) is 12.7 Å². The maximum atomic E-state index is 13.3. The maximum absolute atomic E-state index is 13.3. The average Bonchev–Trinajstić information content (AvgIpc) is 3.35. The monoisotopic (exact) mass is 449 g/mol. The second kappa shape index (κ2) is 9.77. The van der Waals surface area contributed by atoms with Crippen molar-refractivity contribution in [3.63, 3.8) is 0 Å². The summed E-state index contributed by atoms with van der Waals surface area (Å²) in [5.41, 5.74) is 2.37. The SMILES string of the molecule is CCCCCCN1C(=O)C(Nc2ccc3c(c2)OCO3)=C(c2ccc(NC(C)=O)cc2)C1=O. The summed E-state index contributed by atoms with van der Waals surface area (Å²) in [6.07, 6.45) is 3.85. The van der Waals surface area contributed by atoms with Gasteiger partial charge in [-0.15, -0.1) is 0 Å². The molecular weight excluding hydrogens is 422 g/mol. The number of hydrogen-bond acceptors (Lipinski definition) is 6. The third kappa shape index (κ3) is 4.84. The highest BCUT2D eigenvalue weighted by molar-refractivity contribution is 6.36. The molecule has 2 aliphatic heterocycles. The first kappa shape index (κ1) is 22.4. The number of hydrogen-bond donors (Lipinski definition) is 2. The lowest BCUT2D eigenvalue weighted by molar-refractivity contribution is -0.136. The van der Waals surface area contributed by atoms with Crippen LogP contribution < -0.4 is 20.1 Å². The van der Waals surface area contributed by atoms with Crippen LogP contribution in [0.2, 0.25) is 0 Å². The number of ether oxygens (including phenoxy) is 2. The van der Waals surface area contributed by atoms with Crippen LogP contribution in [-0.4, -0.2) is 36.0 Å². The predicted molar refractivity (Wildman–Crippen MR) is 125 cm³/mol. The number of carbonyl (C=O) groups excluding carboxylic acids is 3. The van der Waals surface area contributed by atoms with Crippen molar-refractivity contribution in [3.8, 4) is 11.5 Å². The standard InChI is InChI=1S/C25H27N3O5/c1-3-4-5-6-13-28-24(30)22(17-7-9-18(10-8-17)26-16(2)29)23(25(28)31)27-19-11-12-20-21(14-19)33-15-32-20/h7-12,14,27H,3-6,13,15H2,1-2H3,(H,26,29). The Hall–Kier alpha value is -3.81. The Morgan fingerprint density at radius 1 is 0.939 bits per heavy atom. The summed E-state index contributed by atoms with van der Waals surface area (Å²) < 4.78 is 10.8. The molecule has 33 heavy (non-hydrogen) atoms. The quantitative estimate of drug-likeness (QED) is 0.441. The summed E-state index contributed by atoms with van der Waals surface area (Å²) in [5, 5.41) is 5.85. The maximum Gasteiger partial charge on any atom is 0.278 e. The molecule has 2 aromatic rings. The molecule has 8 nitrogen and oxygen atoms in total. The minimum atomic E-state index is -0.352. The number of rotatable bonds is 9. The summed E-state index contributed by atoms with van der Waals surface area (Å²) in [7, 11) is 0. The highest BCUT2D eigenvalue weighted by Gasteiger charge is 2.39. The summed E-state index contributed by atoms with van der Waals surface area (Å²) in [6.45, 7) is 4.07. The van der Waals surface area contributed by atoms with Gasteiger partial charge in [-0.05, 0) is 36.2 Å². The first-order chi connectivity index (χ1) is 16.0. The third-order valence-corrected chi connectivity index (χ3v) is 5.54. The molecule has 8 heteroatoms. The predicted octanol–water partition coefficient (Wildman–Crippen LogP) is 4.15. The highest BCUT2D eigenvalue weighted by atomic mass is 16.7. The van der Waals surface area contributed by atoms with Gasteiger partial charge in [-0.1, -0.05) is 38.3 Å². The van der Waals surface area contributed by atoms with E-state index in [0.717, 1.165) is 25.7 Å². The zero-order valence-electron chi connectivity index (χ0n) is 18.8. The van der Waals surface area contributed by atoms with Crippen molar-refractivity contribution in [2.75, 3.05) is 24.0 Å². The summed E-state index contributed by atoms with van der Waals surface area (Å²) in [5.74, 6) is 0.351. The van der Waals surface area contributed by atoms with E-state index in [-0.39, 0.29) is 30.2 Å². The minimum Gasteiger partial charge on any atom is -0.454 e. The Kier molecular flexibility index (Phi) is 6.63. The smallest absolute Gasteiger partial charge is 0.278 e. The van der Waals surface area contributed by atoms with Gasteiger partial charge in [0.15, 0.2) is 11.5 Å². The Labute approximate surface area is 192 Å². The zero-order chi connectivity index (χ0) is 23.4. The summed E-state index contributed by atoms with van der Waals surface area (Å²) in [6, 6.07) is 12.2. The van der Waals surface area contributed by atoms with Gasteiger partial charge in [0.25, 0.3) is 11.8 Å². The van der Waals surface area contributed by atoms with Crippen LogP contribution in [0.25, 0.3) is 5.57 Å². The van der Waals surface area contributed by atoms with Gasteiger partial charge in [0, 0.05) is 30.9 Å². The molecule has 0 saturated heterocycles. The highest BCUT2D eigenvalue weighted by Crippen LogP contribution is 2.36. The summed E-state index contributed by atoms with van der Waals surface area (Å²) in [4.78, 5) is 39.2. The number of fused-ring (bicyclic) bond motifs is 1. The van der Waals surface area contributed by atoms with Crippen LogP contribution in [0.3, 0.4) is 0 Å². The van der Waals surface area contributed by atoms with Crippen molar-refractivity contribution >= 4 is 34.7 Å². The Bertz CT molecular complexity index is 1110. The average molecular weight is 450 g/mol. The van der Waals surface area contributed by atoms with E-state index >= 15 is 0 Å². The first-order valence-corrected chi connectivity index (χ1v) is 11.1. The fourth-order valence-corrected chi connectivity index (χ4v) is 3.90. The van der Waals surface area contributed by atoms with Crippen molar-refractivity contribution < 1.29 is 23.9 Å². The molecule has 2 heterocycles. The van der Waals surface area contributed by atoms with Crippen molar-refractivity contribution in [2.45, 2.75) is 39.5 Å². The number of unbranched alkanes of at least 4 members (excludes halogenated alkanes) is 3. The molecule has 0 spiro atoms. The molecule has 2 N–H and O–H groups in total. The molecule has 0 radical (unpaired) electrons. The Balaban J connectivity index is 1.65. The van der Waals surface area contributed by atoms with E-state index in [2.05, 4.69) is 17.6 Å². The molecule has 172 valence electrons. The van der Waals surface area contributed by atoms with Gasteiger partial charge in [-0.2, -0.15) is 0 Å². The van der Waals surface area contributed by atoms with Gasteiger partial charge >= 0.3 is 0 Å². The topological polar surface area (TPSA) is 97.0 Å². The number of amides is 3.